The molecule has 0 bridgehead atoms. The molecule has 1 N–H and O–H groups in total. The van der Waals surface area contributed by atoms with Crippen LogP contribution in [0.4, 0.5) is 0 Å². The second kappa shape index (κ2) is 6.53. The van der Waals surface area contributed by atoms with Gasteiger partial charge in [0.2, 0.25) is 6.79 Å². The number of hydrogen-bond donors (Lipinski definition) is 1. The zero-order valence-electron chi connectivity index (χ0n) is 15.3. The number of likely N-dealkylation sites (N-methyl/N-ethyl adjacent to an activating group) is 1. The third-order valence-corrected chi connectivity index (χ3v) is 5.94. The van der Waals surface area contributed by atoms with Gasteiger partial charge in [-0.1, -0.05) is 30.3 Å². The second-order valence-corrected chi connectivity index (χ2v) is 7.37. The first-order valence-corrected chi connectivity index (χ1v) is 9.55. The summed E-state index contributed by atoms with van der Waals surface area (Å²) >= 11 is 5.34. The number of carbonyl (C=O) groups excluding carboxylic acids is 1. The predicted octanol–water partition coefficient (Wildman–Crippen LogP) is 3.07. The third-order valence-electron chi connectivity index (χ3n) is 5.43. The van der Waals surface area contributed by atoms with Crippen molar-refractivity contribution in [3.05, 3.63) is 59.8 Å². The normalized spacial score (nSPS) is 19.4. The van der Waals surface area contributed by atoms with Crippen LogP contribution in [0.2, 0.25) is 0 Å². The Kier molecular flexibility index (Phi) is 3.98. The van der Waals surface area contributed by atoms with Crippen molar-refractivity contribution in [3.63, 3.8) is 0 Å². The Hall–Kier alpha value is -3.06. The Bertz CT molecular complexity index is 1070. The minimum Gasteiger partial charge on any atom is -0.454 e. The number of nitrogens with one attached hydrogen (secondary N) is 1. The Balaban J connectivity index is 0.000000158. The van der Waals surface area contributed by atoms with Crippen LogP contribution in [-0.2, 0) is 17.8 Å². The van der Waals surface area contributed by atoms with E-state index in [0.717, 1.165) is 23.4 Å². The van der Waals surface area contributed by atoms with E-state index in [1.54, 1.807) is 11.9 Å². The Labute approximate surface area is 167 Å². The number of aromatic nitrogens is 1. The van der Waals surface area contributed by atoms with Crippen molar-refractivity contribution in [1.29, 1.82) is 0 Å². The molecule has 0 saturated carbocycles. The molecule has 2 aromatic carbocycles. The van der Waals surface area contributed by atoms with E-state index in [9.17, 15) is 4.79 Å². The number of aromatic amines is 1. The maximum Gasteiger partial charge on any atom is 0.251 e. The molecule has 7 heteroatoms. The van der Waals surface area contributed by atoms with E-state index in [2.05, 4.69) is 17.1 Å². The van der Waals surface area contributed by atoms with Gasteiger partial charge in [0.05, 0.1) is 6.54 Å². The van der Waals surface area contributed by atoms with E-state index in [1.165, 1.54) is 16.6 Å². The summed E-state index contributed by atoms with van der Waals surface area (Å²) in [5.74, 6) is 1.80. The zero-order chi connectivity index (χ0) is 19.3. The summed E-state index contributed by atoms with van der Waals surface area (Å²) in [7, 11) is 1.76. The van der Waals surface area contributed by atoms with E-state index in [-0.39, 0.29) is 11.9 Å². The topological polar surface area (TPSA) is 57.8 Å². The lowest BCUT2D eigenvalue weighted by atomic mass is 9.97. The Morgan fingerprint density at radius 3 is 2.50 bits per heavy atom. The molecule has 28 heavy (non-hydrogen) atoms. The summed E-state index contributed by atoms with van der Waals surface area (Å²) < 4.78 is 10.2. The van der Waals surface area contributed by atoms with Gasteiger partial charge in [-0.25, -0.2) is 0 Å². The minimum absolute atomic E-state index is 0.112. The van der Waals surface area contributed by atoms with E-state index in [0.29, 0.717) is 18.5 Å². The fraction of sp³-hybridized carbons (Fsp3) is 0.238. The number of nitrogens with zero attached hydrogens (tertiary/aromatic N) is 2. The Morgan fingerprint density at radius 2 is 1.75 bits per heavy atom. The molecular weight excluding hydrogens is 374 g/mol. The minimum atomic E-state index is -0.121. The van der Waals surface area contributed by atoms with Crippen LogP contribution in [-0.4, -0.2) is 45.7 Å². The average molecular weight is 393 g/mol. The monoisotopic (exact) mass is 393 g/mol. The molecule has 1 aromatic heterocycles. The highest BCUT2D eigenvalue weighted by Crippen LogP contribution is 2.33. The second-order valence-electron chi connectivity index (χ2n) is 7.01. The lowest BCUT2D eigenvalue weighted by Gasteiger charge is -2.28. The smallest absolute Gasteiger partial charge is 0.251 e. The molecular formula is C21H19N3O3S. The van der Waals surface area contributed by atoms with E-state index < -0.39 is 0 Å². The van der Waals surface area contributed by atoms with Gasteiger partial charge in [-0.3, -0.25) is 9.69 Å². The molecule has 6 nitrogen and oxygen atoms in total. The molecule has 0 spiro atoms. The summed E-state index contributed by atoms with van der Waals surface area (Å²) in [5.41, 5.74) is 3.59. The fourth-order valence-corrected chi connectivity index (χ4v) is 4.27. The van der Waals surface area contributed by atoms with Crippen LogP contribution in [0.1, 0.15) is 11.3 Å². The van der Waals surface area contributed by atoms with E-state index in [1.807, 2.05) is 41.3 Å². The summed E-state index contributed by atoms with van der Waals surface area (Å²) in [4.78, 5) is 19.3. The molecule has 142 valence electrons. The van der Waals surface area contributed by atoms with Crippen molar-refractivity contribution in [2.45, 2.75) is 19.0 Å². The summed E-state index contributed by atoms with van der Waals surface area (Å²) in [5, 5.41) is 1.87. The third kappa shape index (κ3) is 2.62. The number of amides is 1. The first-order valence-electron chi connectivity index (χ1n) is 9.15. The number of ether oxygens (including phenoxy) is 2. The van der Waals surface area contributed by atoms with Gasteiger partial charge in [0, 0.05) is 30.1 Å². The Morgan fingerprint density at radius 1 is 1.07 bits per heavy atom. The maximum atomic E-state index is 12.2. The van der Waals surface area contributed by atoms with Gasteiger partial charge in [-0.2, -0.15) is 0 Å². The number of carbonyl (C=O) groups is 1. The van der Waals surface area contributed by atoms with Crippen molar-refractivity contribution >= 4 is 34.1 Å². The number of fused-ring (bicyclic) bond motifs is 5. The van der Waals surface area contributed by atoms with Crippen LogP contribution in [0.15, 0.2) is 48.5 Å². The van der Waals surface area contributed by atoms with Crippen molar-refractivity contribution in [2.75, 3.05) is 13.8 Å². The first-order chi connectivity index (χ1) is 13.6. The standard InChI is InChI=1S/C14H13N3OS.C7H6O2/c1-16-13(18)12-6-9-8-4-2-3-5-10(8)15-11(9)7-17(12)14(16)19;1-2-4-7-6(3-1)8-5-9-7/h2-5,12,15H,6-7H2,1H3;1-4H,5H2/t12-;/m0./s1. The number of benzene rings is 2. The summed E-state index contributed by atoms with van der Waals surface area (Å²) in [6, 6.07) is 15.8. The molecule has 3 aromatic rings. The highest BCUT2D eigenvalue weighted by atomic mass is 32.1. The molecule has 0 radical (unpaired) electrons. The van der Waals surface area contributed by atoms with Crippen LogP contribution in [0, 0.1) is 0 Å². The average Bonchev–Trinajstić information content (AvgIpc) is 3.40. The summed E-state index contributed by atoms with van der Waals surface area (Å²) in [6.07, 6.45) is 0.739. The quantitative estimate of drug-likeness (QED) is 0.595. The number of thiocarbonyl (C=S) groups is 1. The molecule has 1 atom stereocenters. The molecule has 0 unspecified atom stereocenters. The van der Waals surface area contributed by atoms with Gasteiger partial charge in [0.25, 0.3) is 5.91 Å². The van der Waals surface area contributed by atoms with Crippen LogP contribution >= 0.6 is 12.2 Å². The van der Waals surface area contributed by atoms with Gasteiger partial charge in [0.1, 0.15) is 6.04 Å². The first kappa shape index (κ1) is 17.1. The molecule has 3 aliphatic rings. The van der Waals surface area contributed by atoms with Crippen LogP contribution in [0.3, 0.4) is 0 Å². The van der Waals surface area contributed by atoms with Gasteiger partial charge in [0.15, 0.2) is 16.6 Å². The molecule has 4 heterocycles. The van der Waals surface area contributed by atoms with Crippen molar-refractivity contribution < 1.29 is 14.3 Å². The molecule has 3 aliphatic heterocycles. The predicted molar refractivity (Wildman–Crippen MR) is 109 cm³/mol. The number of hydrogen-bond acceptors (Lipinski definition) is 4. The van der Waals surface area contributed by atoms with Crippen molar-refractivity contribution in [1.82, 2.24) is 14.8 Å². The molecule has 1 fully saturated rings. The van der Waals surface area contributed by atoms with Gasteiger partial charge < -0.3 is 19.4 Å². The highest BCUT2D eigenvalue weighted by molar-refractivity contribution is 7.80. The zero-order valence-corrected chi connectivity index (χ0v) is 16.2. The lowest BCUT2D eigenvalue weighted by molar-refractivity contribution is -0.127. The molecule has 6 rings (SSSR count). The van der Waals surface area contributed by atoms with Crippen molar-refractivity contribution in [3.8, 4) is 11.5 Å². The van der Waals surface area contributed by atoms with E-state index in [4.69, 9.17) is 21.7 Å². The number of para-hydroxylation sites is 3. The largest absolute Gasteiger partial charge is 0.454 e. The van der Waals surface area contributed by atoms with Gasteiger partial charge in [-0.05, 0) is 36.0 Å². The molecule has 1 saturated heterocycles. The SMILES string of the molecule is CN1C(=O)[C@@H]2Cc3c([nH]c4ccccc34)CN2C1=S.c1ccc2c(c1)OCO2. The molecule has 1 amide bonds. The number of rotatable bonds is 0. The van der Waals surface area contributed by atoms with E-state index >= 15 is 0 Å². The van der Waals surface area contributed by atoms with Crippen LogP contribution < -0.4 is 9.47 Å². The number of H-pyrrole nitrogens is 1. The lowest BCUT2D eigenvalue weighted by Crippen LogP contribution is -2.39. The molecule has 0 aliphatic carbocycles. The fourth-order valence-electron chi connectivity index (χ4n) is 3.99. The van der Waals surface area contributed by atoms with Crippen LogP contribution in [0.25, 0.3) is 10.9 Å². The van der Waals surface area contributed by atoms with Gasteiger partial charge >= 0.3 is 0 Å². The highest BCUT2D eigenvalue weighted by Gasteiger charge is 2.43. The van der Waals surface area contributed by atoms with Crippen LogP contribution in [0.5, 0.6) is 11.5 Å². The van der Waals surface area contributed by atoms with Gasteiger partial charge in [-0.15, -0.1) is 0 Å². The van der Waals surface area contributed by atoms with Crippen molar-refractivity contribution in [2.24, 2.45) is 0 Å². The maximum absolute atomic E-state index is 12.2. The summed E-state index contributed by atoms with van der Waals surface area (Å²) in [6.45, 7) is 1.06.